The highest BCUT2D eigenvalue weighted by atomic mass is 79.9. The Kier molecular flexibility index (Phi) is 2.87. The average Bonchev–Trinajstić information content (AvgIpc) is 2.81. The zero-order valence-corrected chi connectivity index (χ0v) is 13.1. The van der Waals surface area contributed by atoms with Gasteiger partial charge in [-0.25, -0.2) is 4.98 Å². The van der Waals surface area contributed by atoms with Crippen molar-refractivity contribution >= 4 is 50.2 Å². The molecule has 0 bridgehead atoms. The number of H-pyrrole nitrogens is 1. The average molecular weight is 357 g/mol. The van der Waals surface area contributed by atoms with Crippen LogP contribution in [-0.2, 0) is 0 Å². The predicted molar refractivity (Wildman–Crippen MR) is 89.3 cm³/mol. The van der Waals surface area contributed by atoms with E-state index >= 15 is 0 Å². The summed E-state index contributed by atoms with van der Waals surface area (Å²) in [5.41, 5.74) is 3.62. The molecule has 102 valence electrons. The Hall–Kier alpha value is -2.05. The molecule has 0 atom stereocenters. The number of imidazole rings is 1. The summed E-state index contributed by atoms with van der Waals surface area (Å²) in [5.74, 6) is 0. The smallest absolute Gasteiger partial charge is 0.184 e. The second-order valence-electron chi connectivity index (χ2n) is 4.64. The van der Waals surface area contributed by atoms with Crippen molar-refractivity contribution in [3.8, 4) is 5.69 Å². The van der Waals surface area contributed by atoms with Crippen molar-refractivity contribution < 1.29 is 0 Å². The second kappa shape index (κ2) is 4.75. The molecule has 4 aromatic rings. The Labute approximate surface area is 133 Å². The number of aromatic nitrogens is 4. The predicted octanol–water partition coefficient (Wildman–Crippen LogP) is 4.39. The van der Waals surface area contributed by atoms with Crippen LogP contribution in [0.4, 0.5) is 0 Å². The van der Waals surface area contributed by atoms with Crippen LogP contribution in [0.15, 0.2) is 53.3 Å². The van der Waals surface area contributed by atoms with E-state index in [0.29, 0.717) is 4.77 Å². The number of hydrogen-bond donors (Lipinski definition) is 1. The summed E-state index contributed by atoms with van der Waals surface area (Å²) in [5, 5.41) is 1.04. The Morgan fingerprint density at radius 3 is 2.95 bits per heavy atom. The molecule has 21 heavy (non-hydrogen) atoms. The van der Waals surface area contributed by atoms with Crippen LogP contribution in [0.3, 0.4) is 0 Å². The lowest BCUT2D eigenvalue weighted by molar-refractivity contribution is 1.05. The van der Waals surface area contributed by atoms with Gasteiger partial charge in [-0.1, -0.05) is 6.07 Å². The van der Waals surface area contributed by atoms with Gasteiger partial charge in [0.1, 0.15) is 0 Å². The molecule has 0 radical (unpaired) electrons. The van der Waals surface area contributed by atoms with Gasteiger partial charge in [-0.05, 0) is 58.5 Å². The van der Waals surface area contributed by atoms with Gasteiger partial charge >= 0.3 is 0 Å². The normalized spacial score (nSPS) is 11.3. The minimum Gasteiger partial charge on any atom is -0.329 e. The van der Waals surface area contributed by atoms with Gasteiger partial charge in [-0.15, -0.1) is 0 Å². The quantitative estimate of drug-likeness (QED) is 0.514. The monoisotopic (exact) mass is 356 g/mol. The summed E-state index contributed by atoms with van der Waals surface area (Å²) in [7, 11) is 0. The van der Waals surface area contributed by atoms with Crippen molar-refractivity contribution in [2.24, 2.45) is 0 Å². The summed E-state index contributed by atoms with van der Waals surface area (Å²) in [6.45, 7) is 0. The molecule has 6 heteroatoms. The lowest BCUT2D eigenvalue weighted by atomic mass is 10.2. The molecule has 0 unspecified atom stereocenters. The molecular formula is C15H9BrN4S. The van der Waals surface area contributed by atoms with Gasteiger partial charge in [0.25, 0.3) is 0 Å². The van der Waals surface area contributed by atoms with E-state index in [2.05, 4.69) is 30.9 Å². The number of rotatable bonds is 1. The third-order valence-corrected chi connectivity index (χ3v) is 4.07. The molecule has 1 N–H and O–H groups in total. The molecule has 0 aliphatic rings. The number of aromatic amines is 1. The van der Waals surface area contributed by atoms with Gasteiger partial charge in [0.05, 0.1) is 16.7 Å². The summed E-state index contributed by atoms with van der Waals surface area (Å²) >= 11 is 8.90. The topological polar surface area (TPSA) is 46.5 Å². The van der Waals surface area contributed by atoms with Crippen molar-refractivity contribution in [1.82, 2.24) is 19.5 Å². The van der Waals surface area contributed by atoms with Crippen LogP contribution in [-0.4, -0.2) is 19.5 Å². The molecule has 0 saturated heterocycles. The third kappa shape index (κ3) is 1.99. The van der Waals surface area contributed by atoms with Crippen molar-refractivity contribution in [1.29, 1.82) is 0 Å². The molecule has 0 amide bonds. The molecule has 0 fully saturated rings. The van der Waals surface area contributed by atoms with Gasteiger partial charge < -0.3 is 4.98 Å². The largest absolute Gasteiger partial charge is 0.329 e. The molecule has 3 heterocycles. The van der Waals surface area contributed by atoms with Crippen LogP contribution in [0.25, 0.3) is 27.8 Å². The fraction of sp³-hybridized carbons (Fsp3) is 0. The molecule has 1 aromatic carbocycles. The molecule has 4 rings (SSSR count). The van der Waals surface area contributed by atoms with E-state index in [0.717, 1.165) is 32.2 Å². The van der Waals surface area contributed by atoms with Gasteiger partial charge in [-0.3, -0.25) is 9.55 Å². The Bertz CT molecular complexity index is 1030. The van der Waals surface area contributed by atoms with E-state index in [-0.39, 0.29) is 0 Å². The van der Waals surface area contributed by atoms with Crippen LogP contribution in [0, 0.1) is 4.77 Å². The Morgan fingerprint density at radius 2 is 2.05 bits per heavy atom. The highest BCUT2D eigenvalue weighted by Crippen LogP contribution is 2.25. The number of nitrogens with zero attached hydrogens (tertiary/aromatic N) is 3. The van der Waals surface area contributed by atoms with E-state index in [1.807, 2.05) is 41.0 Å². The van der Waals surface area contributed by atoms with E-state index < -0.39 is 0 Å². The van der Waals surface area contributed by atoms with Crippen molar-refractivity contribution in [2.45, 2.75) is 0 Å². The van der Waals surface area contributed by atoms with Gasteiger partial charge in [0.2, 0.25) is 0 Å². The molecule has 3 aromatic heterocycles. The molecule has 0 aliphatic carbocycles. The fourth-order valence-electron chi connectivity index (χ4n) is 2.48. The van der Waals surface area contributed by atoms with Crippen LogP contribution < -0.4 is 0 Å². The van der Waals surface area contributed by atoms with Gasteiger partial charge in [0.15, 0.2) is 10.4 Å². The first kappa shape index (κ1) is 12.7. The van der Waals surface area contributed by atoms with Crippen molar-refractivity contribution in [3.05, 3.63) is 58.0 Å². The fourth-order valence-corrected chi connectivity index (χ4v) is 3.10. The van der Waals surface area contributed by atoms with Crippen LogP contribution in [0.5, 0.6) is 0 Å². The number of benzene rings is 1. The standard InChI is InChI=1S/C15H9BrN4S/c16-9-7-12-14(18-8-9)20(15(21)19-12)13-5-1-4-11-10(13)3-2-6-17-11/h1-8H,(H,19,21). The van der Waals surface area contributed by atoms with Crippen molar-refractivity contribution in [2.75, 3.05) is 0 Å². The maximum Gasteiger partial charge on any atom is 0.184 e. The van der Waals surface area contributed by atoms with Gasteiger partial charge in [-0.2, -0.15) is 0 Å². The number of fused-ring (bicyclic) bond motifs is 2. The number of hydrogen-bond acceptors (Lipinski definition) is 3. The molecule has 0 aliphatic heterocycles. The SMILES string of the molecule is S=c1[nH]c2cc(Br)cnc2n1-c1cccc2ncccc12. The second-order valence-corrected chi connectivity index (χ2v) is 5.94. The summed E-state index contributed by atoms with van der Waals surface area (Å²) in [6, 6.07) is 11.9. The first-order chi connectivity index (χ1) is 10.2. The molecule has 0 spiro atoms. The maximum atomic E-state index is 5.47. The van der Waals surface area contributed by atoms with E-state index in [4.69, 9.17) is 12.2 Å². The van der Waals surface area contributed by atoms with E-state index in [1.165, 1.54) is 0 Å². The number of halogens is 1. The Balaban J connectivity index is 2.14. The highest BCUT2D eigenvalue weighted by Gasteiger charge is 2.11. The zero-order valence-electron chi connectivity index (χ0n) is 10.7. The minimum atomic E-state index is 0.618. The van der Waals surface area contributed by atoms with Crippen LogP contribution in [0.2, 0.25) is 0 Å². The highest BCUT2D eigenvalue weighted by molar-refractivity contribution is 9.10. The first-order valence-electron chi connectivity index (χ1n) is 6.34. The first-order valence-corrected chi connectivity index (χ1v) is 7.54. The molecular weight excluding hydrogens is 348 g/mol. The van der Waals surface area contributed by atoms with Crippen LogP contribution >= 0.6 is 28.1 Å². The molecule has 4 nitrogen and oxygen atoms in total. The lowest BCUT2D eigenvalue weighted by Gasteiger charge is -2.07. The van der Waals surface area contributed by atoms with Gasteiger partial charge in [0, 0.05) is 22.3 Å². The van der Waals surface area contributed by atoms with Crippen molar-refractivity contribution in [3.63, 3.8) is 0 Å². The number of pyridine rings is 2. The summed E-state index contributed by atoms with van der Waals surface area (Å²) < 4.78 is 3.48. The van der Waals surface area contributed by atoms with Crippen LogP contribution in [0.1, 0.15) is 0 Å². The number of nitrogens with one attached hydrogen (secondary N) is 1. The third-order valence-electron chi connectivity index (χ3n) is 3.35. The summed E-state index contributed by atoms with van der Waals surface area (Å²) in [6.07, 6.45) is 3.56. The van der Waals surface area contributed by atoms with E-state index in [9.17, 15) is 0 Å². The maximum absolute atomic E-state index is 5.47. The molecule has 0 saturated carbocycles. The lowest BCUT2D eigenvalue weighted by Crippen LogP contribution is -1.97. The Morgan fingerprint density at radius 1 is 1.14 bits per heavy atom. The zero-order chi connectivity index (χ0) is 14.4. The summed E-state index contributed by atoms with van der Waals surface area (Å²) in [4.78, 5) is 12.1. The van der Waals surface area contributed by atoms with E-state index in [1.54, 1.807) is 12.4 Å². The minimum absolute atomic E-state index is 0.618.